The van der Waals surface area contributed by atoms with Crippen molar-refractivity contribution in [2.24, 2.45) is 0 Å². The Morgan fingerprint density at radius 2 is 1.42 bits per heavy atom. The van der Waals surface area contributed by atoms with Crippen LogP contribution in [0.3, 0.4) is 0 Å². The van der Waals surface area contributed by atoms with Crippen LogP contribution in [0.1, 0.15) is 44.4 Å². The van der Waals surface area contributed by atoms with E-state index in [9.17, 15) is 14.4 Å². The second-order valence-electron chi connectivity index (χ2n) is 11.8. The Bertz CT molecular complexity index is 1740. The molecule has 0 saturated carbocycles. The molecular formula is C37H45N4O8P. The van der Waals surface area contributed by atoms with Crippen molar-refractivity contribution >= 4 is 20.1 Å². The summed E-state index contributed by atoms with van der Waals surface area (Å²) in [5.74, 6) is 0.630. The maximum atomic E-state index is 14.1. The predicted octanol–water partition coefficient (Wildman–Crippen LogP) is 5.96. The first-order valence-electron chi connectivity index (χ1n) is 16.1. The van der Waals surface area contributed by atoms with Crippen LogP contribution in [-0.2, 0) is 24.2 Å². The van der Waals surface area contributed by atoms with Gasteiger partial charge in [-0.25, -0.2) is 9.46 Å². The highest BCUT2D eigenvalue weighted by Gasteiger charge is 2.41. The van der Waals surface area contributed by atoms with Crippen molar-refractivity contribution in [2.45, 2.75) is 51.5 Å². The van der Waals surface area contributed by atoms with Gasteiger partial charge in [0.1, 0.15) is 22.8 Å². The zero-order chi connectivity index (χ0) is 36.3. The van der Waals surface area contributed by atoms with E-state index in [-0.39, 0.29) is 31.0 Å². The van der Waals surface area contributed by atoms with Gasteiger partial charge < -0.3 is 33.6 Å². The van der Waals surface area contributed by atoms with Crippen LogP contribution < -0.4 is 26.0 Å². The molecule has 0 aliphatic rings. The third kappa shape index (κ3) is 9.15. The molecule has 50 heavy (non-hydrogen) atoms. The molecule has 0 bridgehead atoms. The third-order valence-corrected chi connectivity index (χ3v) is 9.87. The van der Waals surface area contributed by atoms with Gasteiger partial charge in [-0.2, -0.15) is 0 Å². The van der Waals surface area contributed by atoms with Crippen LogP contribution in [0.15, 0.2) is 107 Å². The van der Waals surface area contributed by atoms with E-state index in [0.29, 0.717) is 11.5 Å². The van der Waals surface area contributed by atoms with Gasteiger partial charge in [0.05, 0.1) is 27.4 Å². The maximum absolute atomic E-state index is 14.1. The minimum atomic E-state index is -1.85. The molecule has 3 N–H and O–H groups in total. The van der Waals surface area contributed by atoms with E-state index >= 15 is 0 Å². The number of hydrogen-bond acceptors (Lipinski definition) is 9. The van der Waals surface area contributed by atoms with Crippen molar-refractivity contribution in [3.63, 3.8) is 0 Å². The Labute approximate surface area is 293 Å². The highest BCUT2D eigenvalue weighted by Crippen LogP contribution is 2.48. The van der Waals surface area contributed by atoms with Crippen molar-refractivity contribution in [1.29, 1.82) is 0 Å². The number of hydrogen-bond donors (Lipinski definition) is 3. The third-order valence-electron chi connectivity index (χ3n) is 7.76. The molecule has 4 rings (SSSR count). The molecule has 1 amide bonds. The van der Waals surface area contributed by atoms with Crippen molar-refractivity contribution in [3.8, 4) is 11.5 Å². The molecule has 1 unspecified atom stereocenters. The lowest BCUT2D eigenvalue weighted by Crippen LogP contribution is -2.42. The number of methoxy groups -OCH3 is 2. The number of aromatic nitrogens is 2. The predicted molar refractivity (Wildman–Crippen MR) is 195 cm³/mol. The summed E-state index contributed by atoms with van der Waals surface area (Å²) in [6.07, 6.45) is 1.43. The number of aromatic amines is 2. The summed E-state index contributed by atoms with van der Waals surface area (Å²) in [5, 5.41) is 2.61. The SMILES string of the molecule is C=CCOP(O[C@H](COC(c1ccccc1)(c1ccc(OC)cc1)c1ccc(OC)cc1)C(=O)Nc1c[nH]c(=O)[nH]c1=O)N(C(C)C)C(C)C. The topological polar surface area (TPSA) is 144 Å². The molecule has 0 saturated heterocycles. The van der Waals surface area contributed by atoms with Gasteiger partial charge in [-0.15, -0.1) is 6.58 Å². The van der Waals surface area contributed by atoms with Crippen molar-refractivity contribution < 1.29 is 28.1 Å². The Kier molecular flexibility index (Phi) is 13.7. The van der Waals surface area contributed by atoms with Gasteiger partial charge in [0.25, 0.3) is 20.0 Å². The normalized spacial score (nSPS) is 12.9. The van der Waals surface area contributed by atoms with E-state index in [2.05, 4.69) is 21.9 Å². The molecule has 266 valence electrons. The first-order valence-corrected chi connectivity index (χ1v) is 17.3. The Morgan fingerprint density at radius 1 is 0.880 bits per heavy atom. The molecule has 1 heterocycles. The van der Waals surface area contributed by atoms with E-state index in [1.165, 1.54) is 0 Å². The Balaban J connectivity index is 1.87. The molecule has 0 radical (unpaired) electrons. The van der Waals surface area contributed by atoms with Gasteiger partial charge in [-0.1, -0.05) is 60.7 Å². The van der Waals surface area contributed by atoms with Crippen LogP contribution in [0.5, 0.6) is 11.5 Å². The van der Waals surface area contributed by atoms with Gasteiger partial charge in [0.2, 0.25) is 0 Å². The second-order valence-corrected chi connectivity index (χ2v) is 13.2. The highest BCUT2D eigenvalue weighted by atomic mass is 31.2. The monoisotopic (exact) mass is 704 g/mol. The van der Waals surface area contributed by atoms with E-state index in [0.717, 1.165) is 22.9 Å². The first-order chi connectivity index (χ1) is 24.0. The first kappa shape index (κ1) is 38.2. The number of benzene rings is 3. The quantitative estimate of drug-likeness (QED) is 0.0649. The van der Waals surface area contributed by atoms with Gasteiger partial charge in [0.15, 0.2) is 6.10 Å². The smallest absolute Gasteiger partial charge is 0.325 e. The molecule has 0 fully saturated rings. The van der Waals surface area contributed by atoms with Crippen LogP contribution in [0, 0.1) is 0 Å². The number of anilines is 1. The van der Waals surface area contributed by atoms with Crippen LogP contribution in [0.25, 0.3) is 0 Å². The number of ether oxygens (including phenoxy) is 3. The average Bonchev–Trinajstić information content (AvgIpc) is 3.11. The molecule has 4 aromatic rings. The van der Waals surface area contributed by atoms with E-state index in [1.54, 1.807) is 20.3 Å². The Morgan fingerprint density at radius 3 is 1.90 bits per heavy atom. The molecule has 0 spiro atoms. The summed E-state index contributed by atoms with van der Waals surface area (Å²) >= 11 is 0. The summed E-state index contributed by atoms with van der Waals surface area (Å²) in [6, 6.07) is 24.6. The maximum Gasteiger partial charge on any atom is 0.325 e. The second kappa shape index (κ2) is 17.9. The number of H-pyrrole nitrogens is 2. The fraction of sp³-hybridized carbons (Fsp3) is 0.324. The van der Waals surface area contributed by atoms with Crippen LogP contribution in [0.4, 0.5) is 5.69 Å². The summed E-state index contributed by atoms with van der Waals surface area (Å²) in [4.78, 5) is 42.9. The zero-order valence-corrected chi connectivity index (χ0v) is 30.1. The van der Waals surface area contributed by atoms with E-state index < -0.39 is 37.4 Å². The van der Waals surface area contributed by atoms with Crippen molar-refractivity contribution in [2.75, 3.05) is 32.8 Å². The summed E-state index contributed by atoms with van der Waals surface area (Å²) < 4.78 is 32.7. The molecule has 2 atom stereocenters. The minimum Gasteiger partial charge on any atom is -0.497 e. The molecule has 0 aliphatic carbocycles. The number of nitrogens with one attached hydrogen (secondary N) is 3. The number of carbonyl (C=O) groups is 1. The van der Waals surface area contributed by atoms with E-state index in [4.69, 9.17) is 23.3 Å². The molecule has 0 aliphatic heterocycles. The largest absolute Gasteiger partial charge is 0.497 e. The molecule has 1 aromatic heterocycles. The standard InChI is InChI=1S/C37H45N4O8P/c1-8-22-48-50(41(25(2)3)26(4)5)49-33(35(43)39-32-23-38-36(44)40-34(32)42)24-47-37(27-12-10-9-11-13-27,28-14-18-30(45-6)19-15-28)29-16-20-31(46-7)21-17-29/h8-21,23,25-26,33H,1,22,24H2,2-7H3,(H,39,43)(H2,38,40,42,44)/t33-,50?/m1/s1. The van der Waals surface area contributed by atoms with Crippen LogP contribution >= 0.6 is 8.53 Å². The number of amides is 1. The van der Waals surface area contributed by atoms with Gasteiger partial charge in [-0.3, -0.25) is 14.6 Å². The van der Waals surface area contributed by atoms with Gasteiger partial charge in [0, 0.05) is 18.3 Å². The lowest BCUT2D eigenvalue weighted by Gasteiger charge is -2.39. The fourth-order valence-electron chi connectivity index (χ4n) is 5.50. The zero-order valence-electron chi connectivity index (χ0n) is 29.2. The number of carbonyl (C=O) groups excluding carboxylic acids is 1. The summed E-state index contributed by atoms with van der Waals surface area (Å²) in [6.45, 7) is 11.7. The summed E-state index contributed by atoms with van der Waals surface area (Å²) in [7, 11) is 1.34. The van der Waals surface area contributed by atoms with Gasteiger partial charge >= 0.3 is 5.69 Å². The van der Waals surface area contributed by atoms with Crippen molar-refractivity contribution in [3.05, 3.63) is 135 Å². The highest BCUT2D eigenvalue weighted by molar-refractivity contribution is 7.44. The van der Waals surface area contributed by atoms with Crippen LogP contribution in [0.2, 0.25) is 0 Å². The number of nitrogens with zero attached hydrogens (tertiary/aromatic N) is 1. The Hall–Kier alpha value is -4.58. The van der Waals surface area contributed by atoms with Crippen LogP contribution in [-0.4, -0.2) is 66.2 Å². The average molecular weight is 705 g/mol. The summed E-state index contributed by atoms with van der Waals surface area (Å²) in [5.41, 5.74) is -0.622. The lowest BCUT2D eigenvalue weighted by molar-refractivity contribution is -0.128. The lowest BCUT2D eigenvalue weighted by atomic mass is 9.80. The fourth-order valence-corrected chi connectivity index (χ4v) is 7.16. The number of rotatable bonds is 18. The molecular weight excluding hydrogens is 659 g/mol. The van der Waals surface area contributed by atoms with E-state index in [1.807, 2.05) is 111 Å². The van der Waals surface area contributed by atoms with Crippen molar-refractivity contribution in [1.82, 2.24) is 14.6 Å². The molecule has 3 aromatic carbocycles. The molecule has 13 heteroatoms. The van der Waals surface area contributed by atoms with Gasteiger partial charge in [-0.05, 0) is 68.7 Å². The minimum absolute atomic E-state index is 0.0143. The molecule has 12 nitrogen and oxygen atoms in total.